The van der Waals surface area contributed by atoms with Gasteiger partial charge in [0.05, 0.1) is 0 Å². The van der Waals surface area contributed by atoms with Crippen LogP contribution in [0.1, 0.15) is 13.8 Å². The molecule has 2 rings (SSSR count). The minimum atomic E-state index is -4.78. The van der Waals surface area contributed by atoms with E-state index in [9.17, 15) is 13.2 Å². The van der Waals surface area contributed by atoms with E-state index >= 15 is 0 Å². The average molecular weight is 308 g/mol. The number of hydrogen-bond donors (Lipinski definition) is 0. The molecule has 3 nitrogen and oxygen atoms in total. The molecule has 8 heteroatoms. The zero-order valence-corrected chi connectivity index (χ0v) is 11.7. The zero-order valence-electron chi connectivity index (χ0n) is 11.0. The van der Waals surface area contributed by atoms with Crippen molar-refractivity contribution in [1.82, 2.24) is 0 Å². The Morgan fingerprint density at radius 3 is 2.40 bits per heavy atom. The lowest BCUT2D eigenvalue weighted by molar-refractivity contribution is -0.274. The van der Waals surface area contributed by atoms with Crippen LogP contribution < -0.4 is 10.2 Å². The van der Waals surface area contributed by atoms with E-state index in [-0.39, 0.29) is 21.6 Å². The van der Waals surface area contributed by atoms with Crippen LogP contribution in [0.25, 0.3) is 0 Å². The van der Waals surface area contributed by atoms with E-state index in [1.165, 1.54) is 12.1 Å². The van der Waals surface area contributed by atoms with E-state index in [0.717, 1.165) is 6.07 Å². The van der Waals surface area contributed by atoms with Gasteiger partial charge in [-0.15, -0.1) is 13.2 Å². The van der Waals surface area contributed by atoms with Crippen LogP contribution in [0.3, 0.4) is 0 Å². The first-order valence-electron chi connectivity index (χ1n) is 5.95. The van der Waals surface area contributed by atoms with Gasteiger partial charge in [0.15, 0.2) is 0 Å². The standard InChI is InChI=1S/C12H13BClF3O3/c1-11(2)6-18-13(19-7-11)9-5-8(14)3-4-10(9)20-12(15,16)17/h3-5H,6-7H2,1-2H3. The molecule has 1 aliphatic heterocycles. The molecule has 0 atom stereocenters. The molecule has 0 bridgehead atoms. The fourth-order valence-corrected chi connectivity index (χ4v) is 1.97. The Balaban J connectivity index is 2.24. The van der Waals surface area contributed by atoms with E-state index in [0.29, 0.717) is 13.2 Å². The number of alkyl halides is 3. The number of hydrogen-bond acceptors (Lipinski definition) is 3. The topological polar surface area (TPSA) is 27.7 Å². The predicted octanol–water partition coefficient (Wildman–Crippen LogP) is 3.01. The van der Waals surface area contributed by atoms with Crippen LogP contribution in [0.2, 0.25) is 5.02 Å². The van der Waals surface area contributed by atoms with Crippen molar-refractivity contribution in [3.63, 3.8) is 0 Å². The van der Waals surface area contributed by atoms with Crippen molar-refractivity contribution in [2.75, 3.05) is 13.2 Å². The molecule has 0 saturated carbocycles. The van der Waals surface area contributed by atoms with Gasteiger partial charge >= 0.3 is 13.5 Å². The van der Waals surface area contributed by atoms with E-state index in [4.69, 9.17) is 20.9 Å². The Kier molecular flexibility index (Phi) is 4.23. The summed E-state index contributed by atoms with van der Waals surface area (Å²) in [5.74, 6) is -0.369. The molecule has 0 radical (unpaired) electrons. The van der Waals surface area contributed by atoms with Crippen molar-refractivity contribution in [2.24, 2.45) is 5.41 Å². The summed E-state index contributed by atoms with van der Waals surface area (Å²) >= 11 is 5.82. The third-order valence-corrected chi connectivity index (χ3v) is 2.94. The van der Waals surface area contributed by atoms with Crippen molar-refractivity contribution in [1.29, 1.82) is 0 Å². The average Bonchev–Trinajstić information content (AvgIpc) is 2.30. The third kappa shape index (κ3) is 4.04. The molecule has 0 aliphatic carbocycles. The van der Waals surface area contributed by atoms with Crippen LogP contribution >= 0.6 is 11.6 Å². The number of halogens is 4. The maximum Gasteiger partial charge on any atom is 0.573 e. The summed E-state index contributed by atoms with van der Waals surface area (Å²) in [6, 6.07) is 3.82. The summed E-state index contributed by atoms with van der Waals surface area (Å²) in [5.41, 5.74) is -0.0505. The quantitative estimate of drug-likeness (QED) is 0.786. The molecule has 0 aromatic heterocycles. The molecule has 0 N–H and O–H groups in total. The molecule has 1 aliphatic rings. The smallest absolute Gasteiger partial charge is 0.407 e. The molecule has 1 heterocycles. The highest BCUT2D eigenvalue weighted by atomic mass is 35.5. The van der Waals surface area contributed by atoms with Crippen molar-refractivity contribution in [3.05, 3.63) is 23.2 Å². The van der Waals surface area contributed by atoms with Gasteiger partial charge in [0.1, 0.15) is 5.75 Å². The normalized spacial score (nSPS) is 19.0. The first-order valence-corrected chi connectivity index (χ1v) is 6.32. The van der Waals surface area contributed by atoms with Gasteiger partial charge in [0, 0.05) is 29.1 Å². The van der Waals surface area contributed by atoms with Gasteiger partial charge in [-0.1, -0.05) is 25.4 Å². The Morgan fingerprint density at radius 1 is 1.25 bits per heavy atom. The lowest BCUT2D eigenvalue weighted by Crippen LogP contribution is -2.48. The second kappa shape index (κ2) is 5.46. The van der Waals surface area contributed by atoms with Gasteiger partial charge in [0.2, 0.25) is 0 Å². The Bertz CT molecular complexity index is 483. The van der Waals surface area contributed by atoms with E-state index in [1.54, 1.807) is 0 Å². The minimum absolute atomic E-state index is 0.130. The highest BCUT2D eigenvalue weighted by Gasteiger charge is 2.38. The zero-order chi connectivity index (χ0) is 15.0. The number of ether oxygens (including phenoxy) is 1. The molecule has 1 fully saturated rings. The molecule has 20 heavy (non-hydrogen) atoms. The van der Waals surface area contributed by atoms with Gasteiger partial charge in [-0.3, -0.25) is 0 Å². The van der Waals surface area contributed by atoms with E-state index in [2.05, 4.69) is 4.74 Å². The third-order valence-electron chi connectivity index (χ3n) is 2.70. The lowest BCUT2D eigenvalue weighted by Gasteiger charge is -2.33. The summed E-state index contributed by atoms with van der Waals surface area (Å²) < 4.78 is 52.0. The van der Waals surface area contributed by atoms with Crippen LogP contribution in [0.15, 0.2) is 18.2 Å². The van der Waals surface area contributed by atoms with Crippen LogP contribution in [0.5, 0.6) is 5.75 Å². The van der Waals surface area contributed by atoms with E-state index < -0.39 is 13.5 Å². The largest absolute Gasteiger partial charge is 0.573 e. The summed E-state index contributed by atoms with van der Waals surface area (Å²) in [4.78, 5) is 0. The summed E-state index contributed by atoms with van der Waals surface area (Å²) in [6.07, 6.45) is -4.78. The number of rotatable bonds is 2. The Hall–Kier alpha value is -0.915. The van der Waals surface area contributed by atoms with Gasteiger partial charge < -0.3 is 14.0 Å². The fourth-order valence-electron chi connectivity index (χ4n) is 1.79. The molecular formula is C12H13BClF3O3. The predicted molar refractivity (Wildman–Crippen MR) is 69.2 cm³/mol. The second-order valence-corrected chi connectivity index (χ2v) is 5.78. The monoisotopic (exact) mass is 308 g/mol. The summed E-state index contributed by atoms with van der Waals surface area (Å²) in [6.45, 7) is 4.62. The maximum atomic E-state index is 12.4. The highest BCUT2D eigenvalue weighted by Crippen LogP contribution is 2.26. The Labute approximate surface area is 120 Å². The van der Waals surface area contributed by atoms with Crippen LogP contribution in [0, 0.1) is 5.41 Å². The Morgan fingerprint density at radius 2 is 1.85 bits per heavy atom. The van der Waals surface area contributed by atoms with Crippen LogP contribution in [0.4, 0.5) is 13.2 Å². The first kappa shape index (κ1) is 15.5. The van der Waals surface area contributed by atoms with Crippen LogP contribution in [-0.2, 0) is 9.31 Å². The molecule has 0 unspecified atom stereocenters. The number of benzene rings is 1. The fraction of sp³-hybridized carbons (Fsp3) is 0.500. The van der Waals surface area contributed by atoms with Crippen molar-refractivity contribution < 1.29 is 27.2 Å². The molecule has 1 aromatic rings. The SMILES string of the molecule is CC1(C)COB(c2cc(Cl)ccc2OC(F)(F)F)OC1. The summed E-state index contributed by atoms with van der Waals surface area (Å²) in [7, 11) is -0.918. The van der Waals surface area contributed by atoms with Crippen LogP contribution in [-0.4, -0.2) is 26.7 Å². The molecular weight excluding hydrogens is 295 g/mol. The van der Waals surface area contributed by atoms with E-state index in [1.807, 2.05) is 13.8 Å². The maximum absolute atomic E-state index is 12.4. The molecule has 0 spiro atoms. The van der Waals surface area contributed by atoms with Crippen molar-refractivity contribution in [3.8, 4) is 5.75 Å². The van der Waals surface area contributed by atoms with Crippen molar-refractivity contribution in [2.45, 2.75) is 20.2 Å². The molecule has 0 amide bonds. The van der Waals surface area contributed by atoms with Crippen molar-refractivity contribution >= 4 is 24.2 Å². The summed E-state index contributed by atoms with van der Waals surface area (Å²) in [5, 5.41) is 0.284. The van der Waals surface area contributed by atoms with Gasteiger partial charge in [-0.25, -0.2) is 0 Å². The van der Waals surface area contributed by atoms with Gasteiger partial charge in [-0.2, -0.15) is 0 Å². The lowest BCUT2D eigenvalue weighted by atomic mass is 9.75. The molecule has 1 saturated heterocycles. The first-order chi connectivity index (χ1) is 9.16. The second-order valence-electron chi connectivity index (χ2n) is 5.35. The molecule has 110 valence electrons. The van der Waals surface area contributed by atoms with Gasteiger partial charge in [-0.05, 0) is 18.2 Å². The molecule has 1 aromatic carbocycles. The minimum Gasteiger partial charge on any atom is -0.407 e. The highest BCUT2D eigenvalue weighted by molar-refractivity contribution is 6.62. The van der Waals surface area contributed by atoms with Gasteiger partial charge in [0.25, 0.3) is 0 Å².